The van der Waals surface area contributed by atoms with Crippen molar-refractivity contribution in [3.63, 3.8) is 0 Å². The van der Waals surface area contributed by atoms with Crippen LogP contribution in [0.2, 0.25) is 0 Å². The lowest BCUT2D eigenvalue weighted by molar-refractivity contribution is -0.146. The number of nitrogens with one attached hydrogen (secondary N) is 1. The summed E-state index contributed by atoms with van der Waals surface area (Å²) >= 11 is 0. The molecule has 0 radical (unpaired) electrons. The van der Waals surface area contributed by atoms with Crippen LogP contribution >= 0.6 is 0 Å². The van der Waals surface area contributed by atoms with Crippen molar-refractivity contribution >= 4 is 17.7 Å². The van der Waals surface area contributed by atoms with Gasteiger partial charge in [0.15, 0.2) is 0 Å². The molecule has 142 valence electrons. The number of carbonyl (C=O) groups is 2. The summed E-state index contributed by atoms with van der Waals surface area (Å²) in [4.78, 5) is 24.4. The first-order valence-electron chi connectivity index (χ1n) is 9.34. The molecular weight excluding hydrogens is 330 g/mol. The number of amides is 1. The van der Waals surface area contributed by atoms with Crippen LogP contribution in [0.25, 0.3) is 0 Å². The number of ether oxygens (including phenoxy) is 2. The van der Waals surface area contributed by atoms with Crippen molar-refractivity contribution in [3.05, 3.63) is 42.0 Å². The van der Waals surface area contributed by atoms with Gasteiger partial charge in [0.05, 0.1) is 13.0 Å². The average molecular weight is 359 g/mol. The Bertz CT molecular complexity index is 626. The minimum absolute atomic E-state index is 0.133. The number of benzene rings is 1. The van der Waals surface area contributed by atoms with E-state index in [2.05, 4.69) is 12.2 Å². The summed E-state index contributed by atoms with van der Waals surface area (Å²) in [5.41, 5.74) is 1.61. The maximum atomic E-state index is 12.2. The van der Waals surface area contributed by atoms with Crippen molar-refractivity contribution in [1.29, 1.82) is 0 Å². The van der Waals surface area contributed by atoms with E-state index < -0.39 is 6.09 Å². The third-order valence-corrected chi connectivity index (χ3v) is 4.86. The molecule has 1 aromatic rings. The van der Waals surface area contributed by atoms with Crippen LogP contribution in [0.4, 0.5) is 10.5 Å². The lowest BCUT2D eigenvalue weighted by Crippen LogP contribution is -2.35. The summed E-state index contributed by atoms with van der Waals surface area (Å²) in [5, 5.41) is 2.73. The molecule has 3 atom stereocenters. The number of carbonyl (C=O) groups excluding carboxylic acids is 2. The first kappa shape index (κ1) is 20.0. The van der Waals surface area contributed by atoms with E-state index in [9.17, 15) is 9.59 Å². The van der Waals surface area contributed by atoms with Crippen molar-refractivity contribution in [2.75, 3.05) is 12.4 Å². The molecule has 0 fully saturated rings. The fourth-order valence-electron chi connectivity index (χ4n) is 3.61. The molecular formula is C21H29NO4. The maximum Gasteiger partial charge on any atom is 0.412 e. The molecule has 0 spiro atoms. The number of methoxy groups -OCH3 is 1. The lowest BCUT2D eigenvalue weighted by Gasteiger charge is -2.33. The number of esters is 1. The summed E-state index contributed by atoms with van der Waals surface area (Å²) in [6, 6.07) is 9.21. The second-order valence-corrected chi connectivity index (χ2v) is 6.84. The minimum Gasteiger partial charge on any atom is -0.469 e. The Morgan fingerprint density at radius 1 is 1.19 bits per heavy atom. The largest absolute Gasteiger partial charge is 0.469 e. The summed E-state index contributed by atoms with van der Waals surface area (Å²) in [7, 11) is 1.43. The van der Waals surface area contributed by atoms with E-state index in [1.807, 2.05) is 43.3 Å². The Morgan fingerprint density at radius 2 is 1.92 bits per heavy atom. The van der Waals surface area contributed by atoms with Crippen LogP contribution in [0, 0.1) is 11.8 Å². The Balaban J connectivity index is 2.03. The molecule has 26 heavy (non-hydrogen) atoms. The Morgan fingerprint density at radius 3 is 2.58 bits per heavy atom. The van der Waals surface area contributed by atoms with Crippen molar-refractivity contribution in [3.8, 4) is 0 Å². The van der Waals surface area contributed by atoms with E-state index in [0.29, 0.717) is 12.1 Å². The van der Waals surface area contributed by atoms with Gasteiger partial charge in [-0.3, -0.25) is 10.1 Å². The first-order valence-corrected chi connectivity index (χ1v) is 9.34. The van der Waals surface area contributed by atoms with Crippen molar-refractivity contribution in [2.24, 2.45) is 11.8 Å². The normalized spacial score (nSPS) is 22.3. The summed E-state index contributed by atoms with van der Waals surface area (Å²) in [6.45, 7) is 4.07. The summed E-state index contributed by atoms with van der Waals surface area (Å²) in [5.74, 6) is -0.310. The number of hydrogen-bond acceptors (Lipinski definition) is 4. The van der Waals surface area contributed by atoms with Crippen LogP contribution in [-0.2, 0) is 14.3 Å². The Kier molecular flexibility index (Phi) is 7.70. The van der Waals surface area contributed by atoms with E-state index in [0.717, 1.165) is 31.3 Å². The first-order chi connectivity index (χ1) is 12.5. The molecule has 1 aliphatic carbocycles. The molecule has 2 rings (SSSR count). The molecule has 1 aliphatic rings. The molecule has 5 heteroatoms. The van der Waals surface area contributed by atoms with Crippen LogP contribution in [0.1, 0.15) is 46.0 Å². The average Bonchev–Trinajstić information content (AvgIpc) is 2.62. The fourth-order valence-corrected chi connectivity index (χ4v) is 3.61. The molecule has 0 unspecified atom stereocenters. The highest BCUT2D eigenvalue weighted by atomic mass is 16.6. The number of hydrogen-bond donors (Lipinski definition) is 1. The van der Waals surface area contributed by atoms with Crippen molar-refractivity contribution in [1.82, 2.24) is 0 Å². The SMILES string of the molecule is CCCCC[C@@H]1C[C@H](OC(=O)Nc2ccccc2)C=C(C)[C@@H]1C(=O)OC. The molecule has 1 aromatic carbocycles. The third kappa shape index (κ3) is 5.61. The Hall–Kier alpha value is -2.30. The van der Waals surface area contributed by atoms with Gasteiger partial charge in [-0.05, 0) is 43.9 Å². The summed E-state index contributed by atoms with van der Waals surface area (Å²) in [6.07, 6.45) is 5.96. The van der Waals surface area contributed by atoms with Crippen molar-refractivity contribution in [2.45, 2.75) is 52.1 Å². The number of anilines is 1. The summed E-state index contributed by atoms with van der Waals surface area (Å²) < 4.78 is 10.6. The van der Waals surface area contributed by atoms with E-state index >= 15 is 0 Å². The van der Waals surface area contributed by atoms with Gasteiger partial charge in [0, 0.05) is 5.69 Å². The van der Waals surface area contributed by atoms with Gasteiger partial charge < -0.3 is 9.47 Å². The zero-order chi connectivity index (χ0) is 18.9. The number of unbranched alkanes of at least 4 members (excludes halogenated alkanes) is 2. The molecule has 0 heterocycles. The van der Waals surface area contributed by atoms with Gasteiger partial charge in [-0.15, -0.1) is 0 Å². The van der Waals surface area contributed by atoms with Crippen LogP contribution < -0.4 is 5.32 Å². The predicted molar refractivity (Wildman–Crippen MR) is 102 cm³/mol. The molecule has 0 aromatic heterocycles. The smallest absolute Gasteiger partial charge is 0.412 e. The fraction of sp³-hybridized carbons (Fsp3) is 0.524. The van der Waals surface area contributed by atoms with E-state index in [1.165, 1.54) is 7.11 Å². The third-order valence-electron chi connectivity index (χ3n) is 4.86. The van der Waals surface area contributed by atoms with Gasteiger partial charge in [0.1, 0.15) is 6.10 Å². The predicted octanol–water partition coefficient (Wildman–Crippen LogP) is 4.94. The van der Waals surface area contributed by atoms with Crippen molar-refractivity contribution < 1.29 is 19.1 Å². The Labute approximate surface area is 155 Å². The van der Waals surface area contributed by atoms with Gasteiger partial charge in [-0.25, -0.2) is 4.79 Å². The minimum atomic E-state index is -0.478. The molecule has 5 nitrogen and oxygen atoms in total. The second-order valence-electron chi connectivity index (χ2n) is 6.84. The quantitative estimate of drug-likeness (QED) is 0.425. The van der Waals surface area contributed by atoms with Crippen LogP contribution in [0.5, 0.6) is 0 Å². The monoisotopic (exact) mass is 359 g/mol. The zero-order valence-electron chi connectivity index (χ0n) is 15.9. The molecule has 0 aliphatic heterocycles. The number of rotatable bonds is 7. The molecule has 0 saturated heterocycles. The highest BCUT2D eigenvalue weighted by Gasteiger charge is 2.36. The molecule has 1 N–H and O–H groups in total. The van der Waals surface area contributed by atoms with Gasteiger partial charge in [-0.1, -0.05) is 50.0 Å². The van der Waals surface area contributed by atoms with E-state index in [1.54, 1.807) is 0 Å². The van der Waals surface area contributed by atoms with Crippen LogP contribution in [0.15, 0.2) is 42.0 Å². The maximum absolute atomic E-state index is 12.2. The molecule has 0 saturated carbocycles. The van der Waals surface area contributed by atoms with E-state index in [-0.39, 0.29) is 23.9 Å². The number of para-hydroxylation sites is 1. The second kappa shape index (κ2) is 10.00. The lowest BCUT2D eigenvalue weighted by atomic mass is 9.75. The van der Waals surface area contributed by atoms with Crippen LogP contribution in [0.3, 0.4) is 0 Å². The highest BCUT2D eigenvalue weighted by molar-refractivity contribution is 5.84. The molecule has 0 bridgehead atoms. The zero-order valence-corrected chi connectivity index (χ0v) is 15.9. The van der Waals surface area contributed by atoms with E-state index in [4.69, 9.17) is 9.47 Å². The highest BCUT2D eigenvalue weighted by Crippen LogP contribution is 2.36. The van der Waals surface area contributed by atoms with Gasteiger partial charge in [0.25, 0.3) is 0 Å². The van der Waals surface area contributed by atoms with Gasteiger partial charge in [-0.2, -0.15) is 0 Å². The van der Waals surface area contributed by atoms with Gasteiger partial charge in [0.2, 0.25) is 0 Å². The van der Waals surface area contributed by atoms with Crippen LogP contribution in [-0.4, -0.2) is 25.3 Å². The molecule has 1 amide bonds. The van der Waals surface area contributed by atoms with Gasteiger partial charge >= 0.3 is 12.1 Å². The topological polar surface area (TPSA) is 64.6 Å². The standard InChI is InChI=1S/C21H29NO4/c1-4-5-7-10-16-14-18(13-15(2)19(16)20(23)25-3)26-21(24)22-17-11-8-6-9-12-17/h6,8-9,11-13,16,18-19H,4-5,7,10,14H2,1-3H3,(H,22,24)/t16-,18-,19+/m1/s1.